The molecule has 0 bridgehead atoms. The van der Waals surface area contributed by atoms with Gasteiger partial charge in [0, 0.05) is 31.6 Å². The van der Waals surface area contributed by atoms with E-state index in [4.69, 9.17) is 0 Å². The highest BCUT2D eigenvalue weighted by Crippen LogP contribution is 2.24. The summed E-state index contributed by atoms with van der Waals surface area (Å²) in [4.78, 5) is 25.7. The predicted molar refractivity (Wildman–Crippen MR) is 78.4 cm³/mol. The van der Waals surface area contributed by atoms with E-state index in [1.54, 1.807) is 0 Å². The average molecular weight is 281 g/mol. The summed E-state index contributed by atoms with van der Waals surface area (Å²) in [5.41, 5.74) is 0. The second-order valence-electron chi connectivity index (χ2n) is 6.04. The Kier molecular flexibility index (Phi) is 5.68. The van der Waals surface area contributed by atoms with Crippen LogP contribution < -0.4 is 10.6 Å². The summed E-state index contributed by atoms with van der Waals surface area (Å²) in [5.74, 6) is 0.357. The van der Waals surface area contributed by atoms with E-state index in [0.29, 0.717) is 19.1 Å². The maximum atomic E-state index is 12.0. The van der Waals surface area contributed by atoms with Gasteiger partial charge in [-0.25, -0.2) is 4.79 Å². The molecule has 1 atom stereocenters. The van der Waals surface area contributed by atoms with Crippen molar-refractivity contribution in [2.75, 3.05) is 19.6 Å². The molecule has 114 valence electrons. The Morgan fingerprint density at radius 2 is 1.65 bits per heavy atom. The van der Waals surface area contributed by atoms with Gasteiger partial charge in [0.1, 0.15) is 0 Å². The van der Waals surface area contributed by atoms with E-state index in [-0.39, 0.29) is 17.9 Å². The van der Waals surface area contributed by atoms with Gasteiger partial charge in [-0.2, -0.15) is 0 Å². The van der Waals surface area contributed by atoms with E-state index in [0.717, 1.165) is 32.2 Å². The first-order valence-corrected chi connectivity index (χ1v) is 8.00. The lowest BCUT2D eigenvalue weighted by molar-refractivity contribution is -0.124. The minimum Gasteiger partial charge on any atom is -0.354 e. The lowest BCUT2D eigenvalue weighted by atomic mass is 10.0. The number of nitrogens with zero attached hydrogens (tertiary/aromatic N) is 1. The highest BCUT2D eigenvalue weighted by atomic mass is 16.2. The fourth-order valence-corrected chi connectivity index (χ4v) is 3.19. The summed E-state index contributed by atoms with van der Waals surface area (Å²) in [6.07, 6.45) is 7.76. The Labute approximate surface area is 121 Å². The molecule has 1 unspecified atom stereocenters. The van der Waals surface area contributed by atoms with Crippen LogP contribution in [0.3, 0.4) is 0 Å². The smallest absolute Gasteiger partial charge is 0.317 e. The second kappa shape index (κ2) is 7.50. The summed E-state index contributed by atoms with van der Waals surface area (Å²) in [6.45, 7) is 3.99. The first kappa shape index (κ1) is 15.1. The Bertz CT molecular complexity index is 340. The van der Waals surface area contributed by atoms with E-state index in [1.165, 1.54) is 19.3 Å². The summed E-state index contributed by atoms with van der Waals surface area (Å²) in [6, 6.07) is 0.337. The van der Waals surface area contributed by atoms with Gasteiger partial charge in [-0.05, 0) is 39.0 Å². The summed E-state index contributed by atoms with van der Waals surface area (Å²) in [7, 11) is 0. The zero-order valence-electron chi connectivity index (χ0n) is 12.5. The van der Waals surface area contributed by atoms with Gasteiger partial charge in [-0.1, -0.05) is 12.8 Å². The molecule has 2 aliphatic rings. The minimum atomic E-state index is 0.00677. The van der Waals surface area contributed by atoms with Gasteiger partial charge in [0.25, 0.3) is 0 Å². The van der Waals surface area contributed by atoms with Crippen molar-refractivity contribution in [2.24, 2.45) is 5.92 Å². The molecule has 2 rings (SSSR count). The van der Waals surface area contributed by atoms with Crippen molar-refractivity contribution in [1.82, 2.24) is 15.5 Å². The molecule has 3 amide bonds. The monoisotopic (exact) mass is 281 g/mol. The number of hydrogen-bond acceptors (Lipinski definition) is 2. The van der Waals surface area contributed by atoms with Crippen molar-refractivity contribution in [3.63, 3.8) is 0 Å². The van der Waals surface area contributed by atoms with Crippen molar-refractivity contribution in [3.8, 4) is 0 Å². The molecule has 1 heterocycles. The van der Waals surface area contributed by atoms with Crippen LogP contribution in [0.15, 0.2) is 0 Å². The summed E-state index contributed by atoms with van der Waals surface area (Å²) >= 11 is 0. The van der Waals surface area contributed by atoms with Crippen molar-refractivity contribution in [3.05, 3.63) is 0 Å². The molecule has 1 aliphatic heterocycles. The maximum absolute atomic E-state index is 12.0. The van der Waals surface area contributed by atoms with Gasteiger partial charge in [-0.15, -0.1) is 0 Å². The van der Waals surface area contributed by atoms with Gasteiger partial charge in [0.2, 0.25) is 5.91 Å². The third kappa shape index (κ3) is 4.12. The van der Waals surface area contributed by atoms with Crippen molar-refractivity contribution in [1.29, 1.82) is 0 Å². The van der Waals surface area contributed by atoms with Crippen LogP contribution in [0.25, 0.3) is 0 Å². The first-order valence-electron chi connectivity index (χ1n) is 8.00. The number of amides is 3. The highest BCUT2D eigenvalue weighted by molar-refractivity contribution is 5.79. The molecule has 0 aromatic heterocycles. The second-order valence-corrected chi connectivity index (χ2v) is 6.04. The number of piperidine rings is 1. The van der Waals surface area contributed by atoms with Crippen molar-refractivity contribution in [2.45, 2.75) is 57.9 Å². The van der Waals surface area contributed by atoms with E-state index < -0.39 is 0 Å². The number of nitrogens with one attached hydrogen (secondary N) is 2. The fraction of sp³-hybridized carbons (Fsp3) is 0.867. The third-order valence-electron chi connectivity index (χ3n) is 4.49. The van der Waals surface area contributed by atoms with Crippen LogP contribution in [0, 0.1) is 5.92 Å². The highest BCUT2D eigenvalue weighted by Gasteiger charge is 2.23. The molecule has 2 N–H and O–H groups in total. The zero-order valence-corrected chi connectivity index (χ0v) is 12.5. The van der Waals surface area contributed by atoms with Crippen LogP contribution >= 0.6 is 0 Å². The third-order valence-corrected chi connectivity index (χ3v) is 4.49. The molecular weight excluding hydrogens is 254 g/mol. The Hall–Kier alpha value is -1.26. The molecule has 0 radical (unpaired) electrons. The number of rotatable bonds is 4. The van der Waals surface area contributed by atoms with E-state index >= 15 is 0 Å². The topological polar surface area (TPSA) is 61.4 Å². The molecular formula is C15H27N3O2. The molecule has 0 aromatic carbocycles. The van der Waals surface area contributed by atoms with Gasteiger partial charge >= 0.3 is 6.03 Å². The predicted octanol–water partition coefficient (Wildman–Crippen LogP) is 1.88. The Morgan fingerprint density at radius 3 is 2.35 bits per heavy atom. The molecule has 20 heavy (non-hydrogen) atoms. The molecule has 1 aliphatic carbocycles. The quantitative estimate of drug-likeness (QED) is 0.773. The van der Waals surface area contributed by atoms with Crippen LogP contribution in [0.2, 0.25) is 0 Å². The van der Waals surface area contributed by atoms with Crippen molar-refractivity contribution >= 4 is 11.9 Å². The lowest BCUT2D eigenvalue weighted by Gasteiger charge is -2.33. The molecule has 1 saturated heterocycles. The Morgan fingerprint density at radius 1 is 1.00 bits per heavy atom. The van der Waals surface area contributed by atoms with Gasteiger partial charge < -0.3 is 15.5 Å². The molecule has 2 fully saturated rings. The van der Waals surface area contributed by atoms with Crippen molar-refractivity contribution < 1.29 is 9.59 Å². The lowest BCUT2D eigenvalue weighted by Crippen LogP contribution is -2.49. The van der Waals surface area contributed by atoms with Crippen LogP contribution in [0.1, 0.15) is 51.9 Å². The van der Waals surface area contributed by atoms with Crippen LogP contribution in [0.5, 0.6) is 0 Å². The largest absolute Gasteiger partial charge is 0.354 e. The summed E-state index contributed by atoms with van der Waals surface area (Å²) < 4.78 is 0. The standard InChI is InChI=1S/C15H27N3O2/c1-12-6-4-5-11-18(12)15(20)17-10-9-16-14(19)13-7-2-3-8-13/h12-13H,2-11H2,1H3,(H,16,19)(H,17,20). The van der Waals surface area contributed by atoms with E-state index in [1.807, 2.05) is 4.90 Å². The number of carbonyl (C=O) groups excluding carboxylic acids is 2. The van der Waals surface area contributed by atoms with Gasteiger partial charge in [-0.3, -0.25) is 4.79 Å². The number of urea groups is 1. The number of carbonyl (C=O) groups is 2. The molecule has 0 spiro atoms. The normalized spacial score (nSPS) is 23.6. The van der Waals surface area contributed by atoms with Gasteiger partial charge in [0.05, 0.1) is 0 Å². The minimum absolute atomic E-state index is 0.00677. The molecule has 5 heteroatoms. The van der Waals surface area contributed by atoms with Crippen LogP contribution in [-0.2, 0) is 4.79 Å². The van der Waals surface area contributed by atoms with Crippen LogP contribution in [0.4, 0.5) is 4.79 Å². The number of hydrogen-bond donors (Lipinski definition) is 2. The molecule has 5 nitrogen and oxygen atoms in total. The summed E-state index contributed by atoms with van der Waals surface area (Å²) in [5, 5.41) is 5.82. The first-order chi connectivity index (χ1) is 9.68. The fourth-order valence-electron chi connectivity index (χ4n) is 3.19. The Balaban J connectivity index is 1.60. The number of likely N-dealkylation sites (tertiary alicyclic amines) is 1. The SMILES string of the molecule is CC1CCCCN1C(=O)NCCNC(=O)C1CCCC1. The van der Waals surface area contributed by atoms with Gasteiger partial charge in [0.15, 0.2) is 0 Å². The van der Waals surface area contributed by atoms with Crippen LogP contribution in [-0.4, -0.2) is 42.5 Å². The molecule has 0 aromatic rings. The van der Waals surface area contributed by atoms with E-state index in [2.05, 4.69) is 17.6 Å². The van der Waals surface area contributed by atoms with E-state index in [9.17, 15) is 9.59 Å². The maximum Gasteiger partial charge on any atom is 0.317 e. The molecule has 1 saturated carbocycles. The average Bonchev–Trinajstić information content (AvgIpc) is 2.98. The zero-order chi connectivity index (χ0) is 14.4.